The Hall–Kier alpha value is -2.57. The molecule has 6 N–H and O–H groups in total. The van der Waals surface area contributed by atoms with Gasteiger partial charge in [-0.05, 0) is 24.6 Å². The fourth-order valence-electron chi connectivity index (χ4n) is 1.33. The minimum Gasteiger partial charge on any atom is -0.370 e. The summed E-state index contributed by atoms with van der Waals surface area (Å²) in [5.41, 5.74) is 11.0. The van der Waals surface area contributed by atoms with E-state index >= 15 is 0 Å². The lowest BCUT2D eigenvalue weighted by atomic mass is 10.2. The molecule has 1 aromatic rings. The van der Waals surface area contributed by atoms with Gasteiger partial charge in [0.1, 0.15) is 0 Å². The first-order valence-electron chi connectivity index (χ1n) is 5.81. The van der Waals surface area contributed by atoms with E-state index in [0.717, 1.165) is 6.42 Å². The van der Waals surface area contributed by atoms with Gasteiger partial charge in [-0.1, -0.05) is 13.0 Å². The number of hydrogen-bond acceptors (Lipinski definition) is 2. The summed E-state index contributed by atoms with van der Waals surface area (Å²) in [6.45, 7) is 2.53. The third kappa shape index (κ3) is 5.07. The number of carbonyl (C=O) groups excluding carboxylic acids is 2. The maximum Gasteiger partial charge on any atom is 0.319 e. The van der Waals surface area contributed by atoms with Crippen molar-refractivity contribution in [1.82, 2.24) is 5.32 Å². The highest BCUT2D eigenvalue weighted by Crippen LogP contribution is 2.11. The van der Waals surface area contributed by atoms with Gasteiger partial charge in [-0.2, -0.15) is 4.99 Å². The van der Waals surface area contributed by atoms with Crippen LogP contribution in [0.3, 0.4) is 0 Å². The van der Waals surface area contributed by atoms with Crippen molar-refractivity contribution in [2.24, 2.45) is 16.5 Å². The van der Waals surface area contributed by atoms with Gasteiger partial charge >= 0.3 is 6.03 Å². The Bertz CT molecular complexity index is 495. The molecule has 0 atom stereocenters. The second kappa shape index (κ2) is 7.00. The van der Waals surface area contributed by atoms with E-state index in [1.54, 1.807) is 18.2 Å². The van der Waals surface area contributed by atoms with Crippen LogP contribution in [0.1, 0.15) is 23.7 Å². The maximum absolute atomic E-state index is 11.6. The Labute approximate surface area is 111 Å². The number of anilines is 1. The standard InChI is InChI=1S/C12H17N5O2/c1-2-6-15-12(19)16-9-5-3-4-8(7-9)10(18)17-11(13)14/h3-5,7H,2,6H2,1H3,(H2,15,16,19)(H4,13,14,17,18). The van der Waals surface area contributed by atoms with Gasteiger partial charge in [0.25, 0.3) is 5.91 Å². The molecule has 0 fully saturated rings. The lowest BCUT2D eigenvalue weighted by molar-refractivity contribution is 0.100. The van der Waals surface area contributed by atoms with E-state index in [4.69, 9.17) is 11.5 Å². The normalized spacial score (nSPS) is 9.53. The quantitative estimate of drug-likeness (QED) is 0.470. The van der Waals surface area contributed by atoms with E-state index in [1.165, 1.54) is 6.07 Å². The van der Waals surface area contributed by atoms with E-state index in [9.17, 15) is 9.59 Å². The number of nitrogens with two attached hydrogens (primary N) is 2. The summed E-state index contributed by atoms with van der Waals surface area (Å²) < 4.78 is 0. The van der Waals surface area contributed by atoms with Crippen molar-refractivity contribution >= 4 is 23.6 Å². The fourth-order valence-corrected chi connectivity index (χ4v) is 1.33. The second-order valence-corrected chi connectivity index (χ2v) is 3.80. The van der Waals surface area contributed by atoms with Crippen molar-refractivity contribution in [3.8, 4) is 0 Å². The zero-order valence-electron chi connectivity index (χ0n) is 10.6. The Kier molecular flexibility index (Phi) is 5.34. The van der Waals surface area contributed by atoms with Gasteiger partial charge in [-0.3, -0.25) is 4.79 Å². The lowest BCUT2D eigenvalue weighted by Gasteiger charge is -2.07. The summed E-state index contributed by atoms with van der Waals surface area (Å²) in [5.74, 6) is -0.860. The molecule has 0 heterocycles. The summed E-state index contributed by atoms with van der Waals surface area (Å²) in [5, 5.41) is 5.27. The third-order valence-electron chi connectivity index (χ3n) is 2.13. The number of rotatable bonds is 4. The van der Waals surface area contributed by atoms with Crippen molar-refractivity contribution in [2.75, 3.05) is 11.9 Å². The highest BCUT2D eigenvalue weighted by atomic mass is 16.2. The van der Waals surface area contributed by atoms with Crippen molar-refractivity contribution < 1.29 is 9.59 Å². The number of nitrogens with zero attached hydrogens (tertiary/aromatic N) is 1. The van der Waals surface area contributed by atoms with Crippen LogP contribution in [0, 0.1) is 0 Å². The molecule has 1 aromatic carbocycles. The summed E-state index contributed by atoms with van der Waals surface area (Å²) >= 11 is 0. The minimum atomic E-state index is -0.558. The average molecular weight is 263 g/mol. The highest BCUT2D eigenvalue weighted by molar-refractivity contribution is 6.02. The third-order valence-corrected chi connectivity index (χ3v) is 2.13. The molecular weight excluding hydrogens is 246 g/mol. The Morgan fingerprint density at radius 3 is 2.68 bits per heavy atom. The predicted molar refractivity (Wildman–Crippen MR) is 73.9 cm³/mol. The van der Waals surface area contributed by atoms with Gasteiger partial charge in [-0.25, -0.2) is 4.79 Å². The van der Waals surface area contributed by atoms with Gasteiger partial charge < -0.3 is 22.1 Å². The number of urea groups is 1. The first-order chi connectivity index (χ1) is 9.02. The Balaban J connectivity index is 2.75. The molecule has 7 nitrogen and oxygen atoms in total. The lowest BCUT2D eigenvalue weighted by Crippen LogP contribution is -2.29. The van der Waals surface area contributed by atoms with Crippen LogP contribution in [0.2, 0.25) is 0 Å². The van der Waals surface area contributed by atoms with Crippen LogP contribution in [-0.2, 0) is 0 Å². The maximum atomic E-state index is 11.6. The molecule has 0 aromatic heterocycles. The average Bonchev–Trinajstić information content (AvgIpc) is 2.36. The molecule has 3 amide bonds. The molecule has 0 spiro atoms. The molecule has 0 saturated carbocycles. The molecule has 0 unspecified atom stereocenters. The molecule has 0 bridgehead atoms. The van der Waals surface area contributed by atoms with Crippen molar-refractivity contribution in [1.29, 1.82) is 0 Å². The van der Waals surface area contributed by atoms with E-state index in [2.05, 4.69) is 15.6 Å². The van der Waals surface area contributed by atoms with Gasteiger partial charge in [0.2, 0.25) is 0 Å². The number of hydrogen-bond donors (Lipinski definition) is 4. The van der Waals surface area contributed by atoms with E-state index < -0.39 is 5.91 Å². The topological polar surface area (TPSA) is 123 Å². The molecule has 0 radical (unpaired) electrons. The summed E-state index contributed by atoms with van der Waals surface area (Å²) in [4.78, 5) is 26.5. The molecule has 0 aliphatic rings. The van der Waals surface area contributed by atoms with Crippen molar-refractivity contribution in [3.63, 3.8) is 0 Å². The van der Waals surface area contributed by atoms with Gasteiger partial charge in [0.15, 0.2) is 5.96 Å². The van der Waals surface area contributed by atoms with Crippen LogP contribution < -0.4 is 22.1 Å². The van der Waals surface area contributed by atoms with E-state index in [1.807, 2.05) is 6.92 Å². The SMILES string of the molecule is CCCNC(=O)Nc1cccc(C(=O)N=C(N)N)c1. The number of guanidine groups is 1. The first-order valence-corrected chi connectivity index (χ1v) is 5.81. The first kappa shape index (κ1) is 14.5. The Morgan fingerprint density at radius 1 is 1.32 bits per heavy atom. The Morgan fingerprint density at radius 2 is 2.05 bits per heavy atom. The monoisotopic (exact) mass is 263 g/mol. The highest BCUT2D eigenvalue weighted by Gasteiger charge is 2.06. The smallest absolute Gasteiger partial charge is 0.319 e. The van der Waals surface area contributed by atoms with Crippen LogP contribution in [-0.4, -0.2) is 24.4 Å². The van der Waals surface area contributed by atoms with Crippen LogP contribution in [0.25, 0.3) is 0 Å². The molecule has 0 aliphatic heterocycles. The van der Waals surface area contributed by atoms with Gasteiger partial charge in [0.05, 0.1) is 0 Å². The largest absolute Gasteiger partial charge is 0.370 e. The van der Waals surface area contributed by atoms with E-state index in [0.29, 0.717) is 17.8 Å². The number of carbonyl (C=O) groups is 2. The molecule has 19 heavy (non-hydrogen) atoms. The molecule has 0 saturated heterocycles. The summed E-state index contributed by atoms with van der Waals surface area (Å²) in [6, 6.07) is 6.03. The van der Waals surface area contributed by atoms with Crippen LogP contribution in [0.15, 0.2) is 29.3 Å². The van der Waals surface area contributed by atoms with Crippen molar-refractivity contribution in [3.05, 3.63) is 29.8 Å². The second-order valence-electron chi connectivity index (χ2n) is 3.80. The molecule has 102 valence electrons. The number of benzene rings is 1. The molecule has 1 rings (SSSR count). The summed E-state index contributed by atoms with van der Waals surface area (Å²) in [6.07, 6.45) is 0.844. The number of aliphatic imine (C=N–C) groups is 1. The van der Waals surface area contributed by atoms with Crippen molar-refractivity contribution in [2.45, 2.75) is 13.3 Å². The van der Waals surface area contributed by atoms with Crippen LogP contribution in [0.4, 0.5) is 10.5 Å². The number of amides is 3. The molecule has 0 aliphatic carbocycles. The van der Waals surface area contributed by atoms with E-state index in [-0.39, 0.29) is 12.0 Å². The molecule has 7 heteroatoms. The van der Waals surface area contributed by atoms with Gasteiger partial charge in [-0.15, -0.1) is 0 Å². The van der Waals surface area contributed by atoms with Gasteiger partial charge in [0, 0.05) is 17.8 Å². The number of nitrogens with one attached hydrogen (secondary N) is 2. The molecular formula is C12H17N5O2. The van der Waals surface area contributed by atoms with Crippen LogP contribution in [0.5, 0.6) is 0 Å². The zero-order valence-corrected chi connectivity index (χ0v) is 10.6. The van der Waals surface area contributed by atoms with Crippen LogP contribution >= 0.6 is 0 Å². The minimum absolute atomic E-state index is 0.293. The fraction of sp³-hybridized carbons (Fsp3) is 0.250. The zero-order chi connectivity index (χ0) is 14.3. The summed E-state index contributed by atoms with van der Waals surface area (Å²) in [7, 11) is 0. The predicted octanol–water partition coefficient (Wildman–Crippen LogP) is 0.632.